The number of hydrogen-bond acceptors (Lipinski definition) is 3. The predicted octanol–water partition coefficient (Wildman–Crippen LogP) is 0.699. The van der Waals surface area contributed by atoms with Crippen molar-refractivity contribution in [2.24, 2.45) is 0 Å². The zero-order chi connectivity index (χ0) is 15.4. The Hall–Kier alpha value is -2.63. The van der Waals surface area contributed by atoms with Gasteiger partial charge in [0, 0.05) is 31.8 Å². The molecule has 1 aromatic rings. The summed E-state index contributed by atoms with van der Waals surface area (Å²) in [5.74, 6) is -1.29. The number of rotatable bonds is 3. The highest BCUT2D eigenvalue weighted by Crippen LogP contribution is 2.11. The maximum absolute atomic E-state index is 12.3. The van der Waals surface area contributed by atoms with E-state index in [0.29, 0.717) is 24.2 Å². The van der Waals surface area contributed by atoms with Gasteiger partial charge in [-0.2, -0.15) is 0 Å². The van der Waals surface area contributed by atoms with Gasteiger partial charge in [0.25, 0.3) is 5.91 Å². The van der Waals surface area contributed by atoms with Crippen LogP contribution in [0, 0.1) is 0 Å². The van der Waals surface area contributed by atoms with Crippen LogP contribution in [0.4, 0.5) is 0 Å². The Morgan fingerprint density at radius 1 is 1.19 bits per heavy atom. The molecule has 110 valence electrons. The van der Waals surface area contributed by atoms with E-state index in [4.69, 9.17) is 5.11 Å². The summed E-state index contributed by atoms with van der Waals surface area (Å²) in [7, 11) is 1.72. The zero-order valence-corrected chi connectivity index (χ0v) is 11.7. The van der Waals surface area contributed by atoms with E-state index < -0.39 is 5.97 Å². The maximum Gasteiger partial charge on any atom is 0.328 e. The molecule has 1 aliphatic rings. The second-order valence-electron chi connectivity index (χ2n) is 4.84. The fraction of sp³-hybridized carbons (Fsp3) is 0.267. The van der Waals surface area contributed by atoms with Gasteiger partial charge in [0.05, 0.1) is 0 Å². The molecule has 1 heterocycles. The van der Waals surface area contributed by atoms with Crippen molar-refractivity contribution in [2.45, 2.75) is 0 Å². The first kappa shape index (κ1) is 14.8. The number of piperazine rings is 1. The molecule has 0 bridgehead atoms. The zero-order valence-electron chi connectivity index (χ0n) is 11.7. The van der Waals surface area contributed by atoms with Crippen LogP contribution in [0.1, 0.15) is 15.9 Å². The first-order chi connectivity index (χ1) is 9.97. The summed E-state index contributed by atoms with van der Waals surface area (Å²) in [5.41, 5.74) is 1.18. The van der Waals surface area contributed by atoms with Gasteiger partial charge in [0.15, 0.2) is 0 Å². The molecule has 1 aromatic carbocycles. The molecule has 0 radical (unpaired) electrons. The molecule has 0 aromatic heterocycles. The molecule has 1 N–H and O–H groups in total. The summed E-state index contributed by atoms with van der Waals surface area (Å²) >= 11 is 0. The Labute approximate surface area is 122 Å². The highest BCUT2D eigenvalue weighted by molar-refractivity contribution is 5.97. The van der Waals surface area contributed by atoms with Crippen molar-refractivity contribution in [3.8, 4) is 0 Å². The first-order valence-electron chi connectivity index (χ1n) is 6.51. The van der Waals surface area contributed by atoms with Gasteiger partial charge in [-0.25, -0.2) is 4.79 Å². The lowest BCUT2D eigenvalue weighted by molar-refractivity contribution is -0.133. The molecule has 0 saturated carbocycles. The van der Waals surface area contributed by atoms with E-state index in [1.807, 2.05) is 0 Å². The minimum Gasteiger partial charge on any atom is -0.478 e. The molecule has 0 aliphatic carbocycles. The lowest BCUT2D eigenvalue weighted by atomic mass is 10.1. The number of aliphatic carboxylic acids is 1. The monoisotopic (exact) mass is 288 g/mol. The van der Waals surface area contributed by atoms with Gasteiger partial charge in [-0.3, -0.25) is 9.59 Å². The molecule has 21 heavy (non-hydrogen) atoms. The van der Waals surface area contributed by atoms with Crippen molar-refractivity contribution in [2.75, 3.05) is 26.7 Å². The van der Waals surface area contributed by atoms with E-state index in [1.165, 1.54) is 11.0 Å². The molecule has 1 aliphatic heterocycles. The SMILES string of the molecule is CN1CCN(C(=O)c2ccc(C=CC(=O)O)cc2)CC1=O. The van der Waals surface area contributed by atoms with Crippen LogP contribution in [0.5, 0.6) is 0 Å². The summed E-state index contributed by atoms with van der Waals surface area (Å²) < 4.78 is 0. The van der Waals surface area contributed by atoms with Crippen molar-refractivity contribution < 1.29 is 19.5 Å². The number of benzene rings is 1. The average molecular weight is 288 g/mol. The van der Waals surface area contributed by atoms with Crippen LogP contribution >= 0.6 is 0 Å². The largest absolute Gasteiger partial charge is 0.478 e. The third-order valence-corrected chi connectivity index (χ3v) is 3.32. The summed E-state index contributed by atoms with van der Waals surface area (Å²) in [6.07, 6.45) is 2.49. The molecule has 2 amide bonds. The third-order valence-electron chi connectivity index (χ3n) is 3.32. The third kappa shape index (κ3) is 3.68. The van der Waals surface area contributed by atoms with Crippen molar-refractivity contribution in [1.29, 1.82) is 0 Å². The highest BCUT2D eigenvalue weighted by atomic mass is 16.4. The van der Waals surface area contributed by atoms with Crippen LogP contribution < -0.4 is 0 Å². The number of carboxylic acids is 1. The molecule has 0 unspecified atom stereocenters. The van der Waals surface area contributed by atoms with Gasteiger partial charge in [0.2, 0.25) is 5.91 Å². The van der Waals surface area contributed by atoms with E-state index in [9.17, 15) is 14.4 Å². The van der Waals surface area contributed by atoms with Crippen LogP contribution in [-0.2, 0) is 9.59 Å². The summed E-state index contributed by atoms with van der Waals surface area (Å²) in [6.45, 7) is 1.14. The topological polar surface area (TPSA) is 77.9 Å². The van der Waals surface area contributed by atoms with Gasteiger partial charge >= 0.3 is 5.97 Å². The van der Waals surface area contributed by atoms with Gasteiger partial charge < -0.3 is 14.9 Å². The molecule has 0 spiro atoms. The molecule has 0 atom stereocenters. The van der Waals surface area contributed by atoms with Crippen LogP contribution in [0.3, 0.4) is 0 Å². The standard InChI is InChI=1S/C15H16N2O4/c1-16-8-9-17(10-13(16)18)15(21)12-5-2-11(3-6-12)4-7-14(19)20/h2-7H,8-10H2,1H3,(H,19,20). The number of nitrogens with zero attached hydrogens (tertiary/aromatic N) is 2. The number of amides is 2. The van der Waals surface area contributed by atoms with E-state index in [2.05, 4.69) is 0 Å². The van der Waals surface area contributed by atoms with Gasteiger partial charge in [0.1, 0.15) is 6.54 Å². The normalized spacial score (nSPS) is 15.6. The summed E-state index contributed by atoms with van der Waals surface area (Å²) in [4.78, 5) is 37.4. The lowest BCUT2D eigenvalue weighted by Gasteiger charge is -2.32. The Morgan fingerprint density at radius 3 is 2.43 bits per heavy atom. The number of hydrogen-bond donors (Lipinski definition) is 1. The van der Waals surface area contributed by atoms with Crippen molar-refractivity contribution in [1.82, 2.24) is 9.80 Å². The summed E-state index contributed by atoms with van der Waals surface area (Å²) in [5, 5.41) is 8.55. The summed E-state index contributed by atoms with van der Waals surface area (Å²) in [6, 6.07) is 6.61. The molecule has 6 nitrogen and oxygen atoms in total. The fourth-order valence-electron chi connectivity index (χ4n) is 2.02. The van der Waals surface area contributed by atoms with Gasteiger partial charge in [-0.05, 0) is 23.8 Å². The molecule has 1 fully saturated rings. The van der Waals surface area contributed by atoms with E-state index in [-0.39, 0.29) is 18.4 Å². The Kier molecular flexibility index (Phi) is 4.37. The second-order valence-corrected chi connectivity index (χ2v) is 4.84. The van der Waals surface area contributed by atoms with Crippen molar-refractivity contribution in [3.63, 3.8) is 0 Å². The van der Waals surface area contributed by atoms with E-state index in [1.54, 1.807) is 36.2 Å². The van der Waals surface area contributed by atoms with E-state index in [0.717, 1.165) is 6.08 Å². The van der Waals surface area contributed by atoms with Crippen molar-refractivity contribution >= 4 is 23.9 Å². The Bertz CT molecular complexity index is 592. The number of carbonyl (C=O) groups excluding carboxylic acids is 2. The lowest BCUT2D eigenvalue weighted by Crippen LogP contribution is -2.50. The highest BCUT2D eigenvalue weighted by Gasteiger charge is 2.25. The smallest absolute Gasteiger partial charge is 0.328 e. The predicted molar refractivity (Wildman–Crippen MR) is 76.7 cm³/mol. The Morgan fingerprint density at radius 2 is 1.86 bits per heavy atom. The molecule has 2 rings (SSSR count). The van der Waals surface area contributed by atoms with Crippen molar-refractivity contribution in [3.05, 3.63) is 41.5 Å². The quantitative estimate of drug-likeness (QED) is 0.830. The van der Waals surface area contributed by atoms with E-state index >= 15 is 0 Å². The van der Waals surface area contributed by atoms with Crippen LogP contribution in [0.2, 0.25) is 0 Å². The minimum absolute atomic E-state index is 0.0735. The Balaban J connectivity index is 2.06. The average Bonchev–Trinajstić information content (AvgIpc) is 2.48. The maximum atomic E-state index is 12.3. The van der Waals surface area contributed by atoms with Gasteiger partial charge in [-0.1, -0.05) is 12.1 Å². The molecular formula is C15H16N2O4. The minimum atomic E-state index is -1.02. The number of carboxylic acid groups (broad SMARTS) is 1. The van der Waals surface area contributed by atoms with Crippen LogP contribution in [-0.4, -0.2) is 59.4 Å². The van der Waals surface area contributed by atoms with Gasteiger partial charge in [-0.15, -0.1) is 0 Å². The molecule has 1 saturated heterocycles. The number of carbonyl (C=O) groups is 3. The van der Waals surface area contributed by atoms with Crippen LogP contribution in [0.15, 0.2) is 30.3 Å². The fourth-order valence-corrected chi connectivity index (χ4v) is 2.02. The number of likely N-dealkylation sites (N-methyl/N-ethyl adjacent to an activating group) is 1. The second kappa shape index (κ2) is 6.21. The molecule has 6 heteroatoms. The molecular weight excluding hydrogens is 272 g/mol. The first-order valence-corrected chi connectivity index (χ1v) is 6.51. The van der Waals surface area contributed by atoms with Crippen LogP contribution in [0.25, 0.3) is 6.08 Å².